The zero-order chi connectivity index (χ0) is 17.5. The van der Waals surface area contributed by atoms with Crippen LogP contribution < -0.4 is 20.1 Å². The van der Waals surface area contributed by atoms with Crippen molar-refractivity contribution >= 4 is 23.3 Å². The number of urea groups is 1. The van der Waals surface area contributed by atoms with E-state index in [2.05, 4.69) is 10.6 Å². The van der Waals surface area contributed by atoms with Gasteiger partial charge in [-0.25, -0.2) is 4.79 Å². The van der Waals surface area contributed by atoms with Gasteiger partial charge in [0.05, 0.1) is 20.3 Å². The van der Waals surface area contributed by atoms with Crippen molar-refractivity contribution in [2.75, 3.05) is 26.1 Å². The van der Waals surface area contributed by atoms with Crippen LogP contribution in [0.5, 0.6) is 11.5 Å². The molecule has 2 amide bonds. The number of aliphatic hydroxyl groups is 1. The van der Waals surface area contributed by atoms with Gasteiger partial charge in [0.2, 0.25) is 0 Å². The summed E-state index contributed by atoms with van der Waals surface area (Å²) in [6.07, 6.45) is -0.853. The predicted octanol–water partition coefficient (Wildman–Crippen LogP) is 3.21. The van der Waals surface area contributed by atoms with Gasteiger partial charge in [-0.15, -0.1) is 0 Å². The van der Waals surface area contributed by atoms with Gasteiger partial charge in [-0.05, 0) is 17.7 Å². The molecule has 24 heavy (non-hydrogen) atoms. The largest absolute Gasteiger partial charge is 0.497 e. The lowest BCUT2D eigenvalue weighted by Gasteiger charge is -2.14. The monoisotopic (exact) mass is 350 g/mol. The Morgan fingerprint density at radius 3 is 2.42 bits per heavy atom. The smallest absolute Gasteiger partial charge is 0.319 e. The summed E-state index contributed by atoms with van der Waals surface area (Å²) in [4.78, 5) is 12.0. The van der Waals surface area contributed by atoms with Crippen LogP contribution in [0.1, 0.15) is 11.7 Å². The summed E-state index contributed by atoms with van der Waals surface area (Å²) in [7, 11) is 3.06. The molecule has 0 aliphatic carbocycles. The van der Waals surface area contributed by atoms with Gasteiger partial charge in [0, 0.05) is 35.5 Å². The molecular formula is C17H19ClN2O4. The fourth-order valence-electron chi connectivity index (χ4n) is 2.08. The van der Waals surface area contributed by atoms with E-state index < -0.39 is 12.1 Å². The van der Waals surface area contributed by atoms with Gasteiger partial charge in [0.1, 0.15) is 11.5 Å². The molecule has 2 aromatic carbocycles. The first kappa shape index (κ1) is 17.9. The first-order valence-electron chi connectivity index (χ1n) is 7.23. The second-order valence-electron chi connectivity index (χ2n) is 5.01. The summed E-state index contributed by atoms with van der Waals surface area (Å²) < 4.78 is 10.3. The number of halogens is 1. The zero-order valence-electron chi connectivity index (χ0n) is 13.4. The van der Waals surface area contributed by atoms with Gasteiger partial charge in [-0.3, -0.25) is 0 Å². The van der Waals surface area contributed by atoms with E-state index in [0.717, 1.165) is 0 Å². The highest BCUT2D eigenvalue weighted by Gasteiger charge is 2.11. The number of benzene rings is 2. The Morgan fingerprint density at radius 1 is 1.17 bits per heavy atom. The highest BCUT2D eigenvalue weighted by molar-refractivity contribution is 6.30. The van der Waals surface area contributed by atoms with Crippen LogP contribution >= 0.6 is 11.6 Å². The molecule has 0 saturated carbocycles. The summed E-state index contributed by atoms with van der Waals surface area (Å²) >= 11 is 5.88. The molecule has 0 saturated heterocycles. The molecule has 6 nitrogen and oxygen atoms in total. The molecule has 0 aromatic heterocycles. The van der Waals surface area contributed by atoms with Crippen molar-refractivity contribution < 1.29 is 19.4 Å². The number of methoxy groups -OCH3 is 2. The minimum atomic E-state index is -0.853. The third-order valence-corrected chi connectivity index (χ3v) is 3.53. The van der Waals surface area contributed by atoms with Crippen LogP contribution in [0.4, 0.5) is 10.5 Å². The Balaban J connectivity index is 1.93. The predicted molar refractivity (Wildman–Crippen MR) is 93.0 cm³/mol. The average Bonchev–Trinajstić information content (AvgIpc) is 2.59. The Morgan fingerprint density at radius 2 is 1.83 bits per heavy atom. The molecule has 128 valence electrons. The first-order chi connectivity index (χ1) is 11.5. The molecule has 0 fully saturated rings. The van der Waals surface area contributed by atoms with Crippen LogP contribution in [0, 0.1) is 0 Å². The van der Waals surface area contributed by atoms with Gasteiger partial charge >= 0.3 is 6.03 Å². The van der Waals surface area contributed by atoms with Gasteiger partial charge in [0.15, 0.2) is 0 Å². The summed E-state index contributed by atoms with van der Waals surface area (Å²) in [5.41, 5.74) is 1.15. The number of carbonyl (C=O) groups excluding carboxylic acids is 1. The normalized spacial score (nSPS) is 11.5. The minimum absolute atomic E-state index is 0.0489. The number of hydrogen-bond donors (Lipinski definition) is 3. The van der Waals surface area contributed by atoms with Crippen molar-refractivity contribution in [1.29, 1.82) is 0 Å². The number of aliphatic hydroxyl groups excluding tert-OH is 1. The van der Waals surface area contributed by atoms with E-state index in [0.29, 0.717) is 27.8 Å². The van der Waals surface area contributed by atoms with Crippen LogP contribution in [0.2, 0.25) is 5.02 Å². The lowest BCUT2D eigenvalue weighted by atomic mass is 10.1. The van der Waals surface area contributed by atoms with Crippen molar-refractivity contribution in [2.24, 2.45) is 0 Å². The molecule has 2 rings (SSSR count). The first-order valence-corrected chi connectivity index (χ1v) is 7.61. The molecule has 0 aliphatic heterocycles. The summed E-state index contributed by atoms with van der Waals surface area (Å²) in [5.74, 6) is 1.12. The molecule has 0 aliphatic rings. The molecule has 0 bridgehead atoms. The SMILES string of the molecule is COc1cc(NC(=O)NC[C@@H](O)c2cccc(Cl)c2)cc(OC)c1. The van der Waals surface area contributed by atoms with Crippen molar-refractivity contribution in [1.82, 2.24) is 5.32 Å². The van der Waals surface area contributed by atoms with Gasteiger partial charge < -0.3 is 25.2 Å². The Labute approximate surface area is 145 Å². The summed E-state index contributed by atoms with van der Waals surface area (Å²) in [6, 6.07) is 11.4. The fourth-order valence-corrected chi connectivity index (χ4v) is 2.27. The van der Waals surface area contributed by atoms with Crippen molar-refractivity contribution in [2.45, 2.75) is 6.10 Å². The van der Waals surface area contributed by atoms with E-state index in [1.54, 1.807) is 42.5 Å². The van der Waals surface area contributed by atoms with E-state index in [-0.39, 0.29) is 6.54 Å². The average molecular weight is 351 g/mol. The number of rotatable bonds is 6. The van der Waals surface area contributed by atoms with Crippen LogP contribution in [-0.2, 0) is 0 Å². The van der Waals surface area contributed by atoms with Crippen LogP contribution in [0.25, 0.3) is 0 Å². The number of hydrogen-bond acceptors (Lipinski definition) is 4. The molecule has 7 heteroatoms. The highest BCUT2D eigenvalue weighted by atomic mass is 35.5. The summed E-state index contributed by atoms with van der Waals surface area (Å²) in [6.45, 7) is 0.0489. The Kier molecular flexibility index (Phi) is 6.28. The second kappa shape index (κ2) is 8.42. The molecule has 0 heterocycles. The topological polar surface area (TPSA) is 79.8 Å². The van der Waals surface area contributed by atoms with E-state index in [9.17, 15) is 9.90 Å². The quantitative estimate of drug-likeness (QED) is 0.747. The Bertz CT molecular complexity index is 686. The highest BCUT2D eigenvalue weighted by Crippen LogP contribution is 2.25. The van der Waals surface area contributed by atoms with Crippen LogP contribution in [-0.4, -0.2) is 31.9 Å². The molecule has 0 radical (unpaired) electrons. The van der Waals surface area contributed by atoms with E-state index >= 15 is 0 Å². The number of anilines is 1. The Hall–Kier alpha value is -2.44. The molecule has 1 atom stereocenters. The number of amides is 2. The third kappa shape index (κ3) is 5.04. The number of ether oxygens (including phenoxy) is 2. The maximum atomic E-state index is 12.0. The molecule has 0 unspecified atom stereocenters. The van der Waals surface area contributed by atoms with Crippen molar-refractivity contribution in [3.63, 3.8) is 0 Å². The fraction of sp³-hybridized carbons (Fsp3) is 0.235. The molecular weight excluding hydrogens is 332 g/mol. The van der Waals surface area contributed by atoms with Gasteiger partial charge in [0.25, 0.3) is 0 Å². The maximum Gasteiger partial charge on any atom is 0.319 e. The number of carbonyl (C=O) groups is 1. The second-order valence-corrected chi connectivity index (χ2v) is 5.44. The van der Waals surface area contributed by atoms with Crippen molar-refractivity contribution in [3.8, 4) is 11.5 Å². The molecule has 3 N–H and O–H groups in total. The summed E-state index contributed by atoms with van der Waals surface area (Å²) in [5, 5.41) is 15.9. The van der Waals surface area contributed by atoms with E-state index in [1.807, 2.05) is 0 Å². The number of nitrogens with one attached hydrogen (secondary N) is 2. The van der Waals surface area contributed by atoms with Crippen molar-refractivity contribution in [3.05, 3.63) is 53.1 Å². The van der Waals surface area contributed by atoms with Crippen LogP contribution in [0.3, 0.4) is 0 Å². The maximum absolute atomic E-state index is 12.0. The standard InChI is InChI=1S/C17H19ClN2O4/c1-23-14-7-13(8-15(9-14)24-2)20-17(22)19-10-16(21)11-4-3-5-12(18)6-11/h3-9,16,21H,10H2,1-2H3,(H2,19,20,22)/t16-/m1/s1. The van der Waals surface area contributed by atoms with Gasteiger partial charge in [-0.2, -0.15) is 0 Å². The zero-order valence-corrected chi connectivity index (χ0v) is 14.1. The van der Waals surface area contributed by atoms with E-state index in [1.165, 1.54) is 14.2 Å². The lowest BCUT2D eigenvalue weighted by molar-refractivity contribution is 0.175. The molecule has 2 aromatic rings. The van der Waals surface area contributed by atoms with E-state index in [4.69, 9.17) is 21.1 Å². The lowest BCUT2D eigenvalue weighted by Crippen LogP contribution is -2.32. The van der Waals surface area contributed by atoms with Gasteiger partial charge in [-0.1, -0.05) is 23.7 Å². The van der Waals surface area contributed by atoms with Crippen LogP contribution in [0.15, 0.2) is 42.5 Å². The molecule has 0 spiro atoms. The minimum Gasteiger partial charge on any atom is -0.497 e. The third-order valence-electron chi connectivity index (χ3n) is 3.30.